The maximum Gasteiger partial charge on any atom is 1.00 e. The first-order valence-corrected chi connectivity index (χ1v) is 30.0. The first-order valence-electron chi connectivity index (χ1n) is 28.5. The third kappa shape index (κ3) is 44.0. The number of hydrogen-bond donors (Lipinski definition) is 1. The van der Waals surface area contributed by atoms with Gasteiger partial charge in [0.05, 0.1) is 5.97 Å². The van der Waals surface area contributed by atoms with Crippen LogP contribution in [0.2, 0.25) is 0 Å². The van der Waals surface area contributed by atoms with Gasteiger partial charge >= 0.3 is 37.7 Å². The molecule has 0 aliphatic heterocycles. The molecule has 0 rings (SSSR count). The van der Waals surface area contributed by atoms with Crippen LogP contribution < -0.4 is 47.9 Å². The quantitative estimate of drug-likeness (QED) is 0.0365. The Bertz CT molecular complexity index is 1070. The zero-order chi connectivity index (χ0) is 47.1. The summed E-state index contributed by atoms with van der Waals surface area (Å²) in [6, 6.07) is 0. The summed E-state index contributed by atoms with van der Waals surface area (Å²) >= 11 is 0. The van der Waals surface area contributed by atoms with Crippen LogP contribution in [0.4, 0.5) is 0 Å². The van der Waals surface area contributed by atoms with Crippen molar-refractivity contribution in [3.63, 3.8) is 0 Å². The summed E-state index contributed by atoms with van der Waals surface area (Å²) in [4.78, 5) is 24.6. The number of aliphatic carboxylic acids is 2. The summed E-state index contributed by atoms with van der Waals surface area (Å²) in [6.07, 6.45) is 59.5. The third-order valence-electron chi connectivity index (χ3n) is 14.4. The van der Waals surface area contributed by atoms with E-state index in [1.807, 2.05) is 0 Å². The van der Waals surface area contributed by atoms with E-state index in [-0.39, 0.29) is 50.6 Å². The summed E-state index contributed by atoms with van der Waals surface area (Å²) in [5.41, 5.74) is -2.20. The molecule has 0 fully saturated rings. The molecule has 0 heterocycles. The molecule has 0 aromatic carbocycles. The number of carbonyl (C=O) groups excluding carboxylic acids is 2. The Morgan fingerprint density at radius 1 is 0.348 bits per heavy atom. The van der Waals surface area contributed by atoms with Crippen molar-refractivity contribution in [1.82, 2.24) is 0 Å². The molecular weight excluding hydrogens is 831 g/mol. The second-order valence-electron chi connectivity index (χ2n) is 20.4. The summed E-state index contributed by atoms with van der Waals surface area (Å²) in [6.45, 7) is 4.56. The van der Waals surface area contributed by atoms with Crippen molar-refractivity contribution in [2.45, 2.75) is 340 Å². The Labute approximate surface area is 435 Å². The van der Waals surface area contributed by atoms with Gasteiger partial charge in [0.2, 0.25) is 0 Å². The summed E-state index contributed by atoms with van der Waals surface area (Å²) in [5, 5.41) is 22.1. The van der Waals surface area contributed by atoms with Gasteiger partial charge in [0.1, 0.15) is 5.25 Å². The number of carboxylic acid groups (broad SMARTS) is 2. The Balaban J connectivity index is -0.0000198. The van der Waals surface area contributed by atoms with Gasteiger partial charge < -0.3 is 19.8 Å². The minimum atomic E-state index is -5.21. The molecule has 1 atom stereocenters. The number of carboxylic acids is 2. The van der Waals surface area contributed by atoms with Crippen molar-refractivity contribution in [3.05, 3.63) is 0 Å². The van der Waals surface area contributed by atoms with E-state index in [9.17, 15) is 32.8 Å². The molecule has 0 aromatic rings. The fourth-order valence-corrected chi connectivity index (χ4v) is 11.3. The minimum Gasteiger partial charge on any atom is -0.549 e. The molecule has 0 saturated carbocycles. The fourth-order valence-electron chi connectivity index (χ4n) is 10.1. The average molecular weight is 939 g/mol. The zero-order valence-corrected chi connectivity index (χ0v) is 45.6. The first kappa shape index (κ1) is 70.3. The van der Waals surface area contributed by atoms with Gasteiger partial charge in [0.15, 0.2) is 0 Å². The Morgan fingerprint density at radius 2 is 0.500 bits per heavy atom. The first-order chi connectivity index (χ1) is 31.1. The monoisotopic (exact) mass is 939 g/mol. The Morgan fingerprint density at radius 3 is 0.621 bits per heavy atom. The molecule has 0 aliphatic rings. The number of rotatable bonds is 54. The smallest absolute Gasteiger partial charge is 0.549 e. The SMILES string of the molecule is CCCCCCCCCCCCCCCCCCCCCCCCCCC(CCCCCCCCCCCCCCCCCCCCCCCCCC)(C(=O)[O-])C(C(=O)[O-])S(=O)(=O)O.[Li+].[Li+]. The summed E-state index contributed by atoms with van der Waals surface area (Å²) in [5.74, 6) is -3.79. The van der Waals surface area contributed by atoms with Crippen LogP contribution in [-0.4, -0.2) is 30.2 Å². The van der Waals surface area contributed by atoms with Gasteiger partial charge in [-0.05, 0) is 12.8 Å². The molecular formula is C56H108Li2O7S. The summed E-state index contributed by atoms with van der Waals surface area (Å²) < 4.78 is 34.3. The van der Waals surface area contributed by atoms with E-state index in [0.29, 0.717) is 25.7 Å². The maximum absolute atomic E-state index is 12.6. The normalized spacial score (nSPS) is 12.2. The van der Waals surface area contributed by atoms with Gasteiger partial charge in [-0.15, -0.1) is 0 Å². The summed E-state index contributed by atoms with van der Waals surface area (Å²) in [7, 11) is -5.21. The molecule has 66 heavy (non-hydrogen) atoms. The van der Waals surface area contributed by atoms with E-state index in [0.717, 1.165) is 38.5 Å². The van der Waals surface area contributed by atoms with Gasteiger partial charge in [-0.1, -0.05) is 322 Å². The van der Waals surface area contributed by atoms with E-state index < -0.39 is 32.7 Å². The van der Waals surface area contributed by atoms with Crippen LogP contribution in [0.15, 0.2) is 0 Å². The van der Waals surface area contributed by atoms with Crippen LogP contribution >= 0.6 is 0 Å². The van der Waals surface area contributed by atoms with Crippen molar-refractivity contribution in [1.29, 1.82) is 0 Å². The predicted octanol–water partition coefficient (Wildman–Crippen LogP) is 10.3. The number of carbonyl (C=O) groups is 2. The minimum absolute atomic E-state index is 0. The van der Waals surface area contributed by atoms with E-state index in [1.165, 1.54) is 244 Å². The van der Waals surface area contributed by atoms with Crippen molar-refractivity contribution in [2.24, 2.45) is 5.41 Å². The molecule has 0 saturated heterocycles. The molecule has 7 nitrogen and oxygen atoms in total. The molecule has 1 unspecified atom stereocenters. The molecule has 1 N–H and O–H groups in total. The van der Waals surface area contributed by atoms with Crippen LogP contribution in [0.3, 0.4) is 0 Å². The molecule has 0 radical (unpaired) electrons. The van der Waals surface area contributed by atoms with Crippen molar-refractivity contribution in [3.8, 4) is 0 Å². The molecule has 0 bridgehead atoms. The second-order valence-corrected chi connectivity index (χ2v) is 21.9. The van der Waals surface area contributed by atoms with Crippen LogP contribution in [0.5, 0.6) is 0 Å². The van der Waals surface area contributed by atoms with E-state index in [4.69, 9.17) is 0 Å². The van der Waals surface area contributed by atoms with Gasteiger partial charge in [-0.25, -0.2) is 0 Å². The molecule has 0 aromatic heterocycles. The van der Waals surface area contributed by atoms with E-state index >= 15 is 0 Å². The van der Waals surface area contributed by atoms with E-state index in [1.54, 1.807) is 0 Å². The van der Waals surface area contributed by atoms with Crippen molar-refractivity contribution >= 4 is 22.1 Å². The van der Waals surface area contributed by atoms with Gasteiger partial charge in [-0.3, -0.25) is 4.55 Å². The molecule has 382 valence electrons. The molecule has 0 spiro atoms. The van der Waals surface area contributed by atoms with Gasteiger partial charge in [-0.2, -0.15) is 8.42 Å². The predicted molar refractivity (Wildman–Crippen MR) is 270 cm³/mol. The fraction of sp³-hybridized carbons (Fsp3) is 0.964. The molecule has 0 amide bonds. The number of hydrogen-bond acceptors (Lipinski definition) is 6. The van der Waals surface area contributed by atoms with Gasteiger partial charge in [0, 0.05) is 11.4 Å². The van der Waals surface area contributed by atoms with Gasteiger partial charge in [0.25, 0.3) is 10.1 Å². The van der Waals surface area contributed by atoms with Crippen LogP contribution in [0, 0.1) is 5.41 Å². The standard InChI is InChI=1S/C56H110O7S.2Li/c1-3-5-7-9-11-13-15-17-19-21-23-25-27-29-31-33-35-37-39-41-43-45-47-49-51-56(55(59)60,53(54(57)58)64(61,62)63)52-50-48-46-44-42-40-38-36-34-32-30-28-26-24-22-20-18-16-14-12-10-8-6-4-2;;/h53H,3-52H2,1-2H3,(H,57,58)(H,59,60)(H,61,62,63);;/q;2*+1/p-2. The Hall–Kier alpha value is 0.0448. The second kappa shape index (κ2) is 52.9. The largest absolute Gasteiger partial charge is 1.00 e. The van der Waals surface area contributed by atoms with Crippen LogP contribution in [0.1, 0.15) is 335 Å². The van der Waals surface area contributed by atoms with E-state index in [2.05, 4.69) is 13.8 Å². The van der Waals surface area contributed by atoms with Crippen LogP contribution in [-0.2, 0) is 19.7 Å². The molecule has 0 aliphatic carbocycles. The van der Waals surface area contributed by atoms with Crippen LogP contribution in [0.25, 0.3) is 0 Å². The van der Waals surface area contributed by atoms with Crippen molar-refractivity contribution in [2.75, 3.05) is 0 Å². The number of unbranched alkanes of at least 4 members (excludes halogenated alkanes) is 46. The Kier molecular flexibility index (Phi) is 56.3. The maximum atomic E-state index is 12.6. The van der Waals surface area contributed by atoms with Crippen molar-refractivity contribution < 1.29 is 70.5 Å². The topological polar surface area (TPSA) is 135 Å². The third-order valence-corrected chi connectivity index (χ3v) is 15.6. The zero-order valence-electron chi connectivity index (χ0n) is 44.7. The molecule has 10 heteroatoms. The average Bonchev–Trinajstić information content (AvgIpc) is 3.25.